The summed E-state index contributed by atoms with van der Waals surface area (Å²) in [5.74, 6) is 1.66. The van der Waals surface area contributed by atoms with E-state index in [4.69, 9.17) is 4.74 Å². The molecule has 4 heteroatoms. The first-order valence-corrected chi connectivity index (χ1v) is 8.01. The molecule has 0 saturated heterocycles. The number of carbonyl (C=O) groups excluding carboxylic acids is 1. The van der Waals surface area contributed by atoms with Crippen molar-refractivity contribution in [2.24, 2.45) is 0 Å². The van der Waals surface area contributed by atoms with Crippen LogP contribution in [0.1, 0.15) is 5.56 Å². The van der Waals surface area contributed by atoms with Gasteiger partial charge in [0.2, 0.25) is 0 Å². The van der Waals surface area contributed by atoms with Gasteiger partial charge in [-0.15, -0.1) is 11.8 Å². The highest BCUT2D eigenvalue weighted by molar-refractivity contribution is 7.99. The van der Waals surface area contributed by atoms with Crippen molar-refractivity contribution in [2.75, 3.05) is 12.3 Å². The average molecular weight is 299 g/mol. The molecule has 0 aromatic heterocycles. The van der Waals surface area contributed by atoms with Crippen molar-refractivity contribution in [3.63, 3.8) is 0 Å². The second-order valence-corrected chi connectivity index (χ2v) is 6.04. The number of ether oxygens (including phenoxy) is 1. The fourth-order valence-corrected chi connectivity index (χ4v) is 3.09. The number of benzene rings is 2. The fourth-order valence-electron chi connectivity index (χ4n) is 2.30. The van der Waals surface area contributed by atoms with E-state index in [9.17, 15) is 4.79 Å². The molecule has 108 valence electrons. The Kier molecular flexibility index (Phi) is 4.46. The van der Waals surface area contributed by atoms with Crippen molar-refractivity contribution in [3.8, 4) is 5.75 Å². The summed E-state index contributed by atoms with van der Waals surface area (Å²) in [5.41, 5.74) is 1.11. The van der Waals surface area contributed by atoms with E-state index in [0.29, 0.717) is 13.0 Å². The van der Waals surface area contributed by atoms with Gasteiger partial charge in [0.05, 0.1) is 0 Å². The number of thioether (sulfide) groups is 1. The largest absolute Gasteiger partial charge is 0.480 e. The molecule has 3 nitrogen and oxygen atoms in total. The van der Waals surface area contributed by atoms with Crippen LogP contribution in [0.4, 0.5) is 0 Å². The summed E-state index contributed by atoms with van der Waals surface area (Å²) in [6.07, 6.45) is 0.275. The molecule has 0 aliphatic carbocycles. The lowest BCUT2D eigenvalue weighted by atomic mass is 10.1. The molecular weight excluding hydrogens is 282 g/mol. The Hall–Kier alpha value is -1.94. The smallest absolute Gasteiger partial charge is 0.261 e. The van der Waals surface area contributed by atoms with Crippen LogP contribution in [0.2, 0.25) is 0 Å². The van der Waals surface area contributed by atoms with Gasteiger partial charge in [-0.2, -0.15) is 0 Å². The minimum absolute atomic E-state index is 0.0279. The predicted molar refractivity (Wildman–Crippen MR) is 84.7 cm³/mol. The first-order valence-electron chi connectivity index (χ1n) is 7.03. The van der Waals surface area contributed by atoms with Crippen LogP contribution >= 0.6 is 11.8 Å². The van der Waals surface area contributed by atoms with Gasteiger partial charge < -0.3 is 10.1 Å². The van der Waals surface area contributed by atoms with Crippen molar-refractivity contribution in [1.82, 2.24) is 5.32 Å². The number of nitrogens with one attached hydrogen (secondary N) is 1. The van der Waals surface area contributed by atoms with Crippen LogP contribution in [-0.2, 0) is 11.2 Å². The van der Waals surface area contributed by atoms with Crippen molar-refractivity contribution in [3.05, 3.63) is 60.2 Å². The standard InChI is InChI=1S/C17H17NO2S/c19-17(16-12-13-6-4-5-9-15(13)20-16)18-10-11-21-14-7-2-1-3-8-14/h1-9,16H,10-12H2,(H,18,19)/t16-/m1/s1. The predicted octanol–water partition coefficient (Wildman–Crippen LogP) is 2.90. The van der Waals surface area contributed by atoms with Gasteiger partial charge in [0, 0.05) is 23.6 Å². The molecule has 3 rings (SSSR count). The highest BCUT2D eigenvalue weighted by Crippen LogP contribution is 2.28. The maximum Gasteiger partial charge on any atom is 0.261 e. The maximum atomic E-state index is 12.1. The number of para-hydroxylation sites is 1. The molecule has 0 spiro atoms. The van der Waals surface area contributed by atoms with E-state index < -0.39 is 0 Å². The summed E-state index contributed by atoms with van der Waals surface area (Å²) in [5, 5.41) is 2.94. The Bertz CT molecular complexity index is 590. The summed E-state index contributed by atoms with van der Waals surface area (Å²) < 4.78 is 5.67. The zero-order valence-electron chi connectivity index (χ0n) is 11.6. The summed E-state index contributed by atoms with van der Waals surface area (Å²) >= 11 is 1.74. The van der Waals surface area contributed by atoms with E-state index in [1.165, 1.54) is 4.90 Å². The summed E-state index contributed by atoms with van der Waals surface area (Å²) in [6.45, 7) is 0.647. The molecule has 1 aliphatic heterocycles. The molecule has 1 aliphatic rings. The molecule has 0 fully saturated rings. The van der Waals surface area contributed by atoms with Crippen LogP contribution in [-0.4, -0.2) is 24.3 Å². The minimum atomic E-state index is -0.385. The Morgan fingerprint density at radius 2 is 1.90 bits per heavy atom. The third-order valence-electron chi connectivity index (χ3n) is 3.35. The molecule has 2 aromatic carbocycles. The molecule has 0 saturated carbocycles. The van der Waals surface area contributed by atoms with Crippen molar-refractivity contribution < 1.29 is 9.53 Å². The first kappa shape index (κ1) is 14.0. The van der Waals surface area contributed by atoms with Crippen LogP contribution in [0, 0.1) is 0 Å². The highest BCUT2D eigenvalue weighted by Gasteiger charge is 2.28. The van der Waals surface area contributed by atoms with E-state index in [2.05, 4.69) is 17.4 Å². The lowest BCUT2D eigenvalue weighted by molar-refractivity contribution is -0.127. The van der Waals surface area contributed by atoms with Crippen molar-refractivity contribution >= 4 is 17.7 Å². The number of rotatable bonds is 5. The summed E-state index contributed by atoms with van der Waals surface area (Å²) in [4.78, 5) is 13.3. The SMILES string of the molecule is O=C(NCCSc1ccccc1)[C@H]1Cc2ccccc2O1. The summed E-state index contributed by atoms with van der Waals surface area (Å²) in [7, 11) is 0. The highest BCUT2D eigenvalue weighted by atomic mass is 32.2. The zero-order chi connectivity index (χ0) is 14.5. The van der Waals surface area contributed by atoms with Gasteiger partial charge in [-0.3, -0.25) is 4.79 Å². The molecule has 1 heterocycles. The number of fused-ring (bicyclic) bond motifs is 1. The lowest BCUT2D eigenvalue weighted by Crippen LogP contribution is -2.38. The second-order valence-electron chi connectivity index (χ2n) is 4.87. The second kappa shape index (κ2) is 6.68. The Morgan fingerprint density at radius 1 is 1.14 bits per heavy atom. The van der Waals surface area contributed by atoms with Gasteiger partial charge >= 0.3 is 0 Å². The van der Waals surface area contributed by atoms with Gasteiger partial charge in [0.25, 0.3) is 5.91 Å². The van der Waals surface area contributed by atoms with Gasteiger partial charge in [0.1, 0.15) is 5.75 Å². The molecule has 1 amide bonds. The molecule has 2 aromatic rings. The van der Waals surface area contributed by atoms with Crippen molar-refractivity contribution in [2.45, 2.75) is 17.4 Å². The topological polar surface area (TPSA) is 38.3 Å². The molecular formula is C17H17NO2S. The Balaban J connectivity index is 1.42. The van der Waals surface area contributed by atoms with E-state index in [1.54, 1.807) is 11.8 Å². The zero-order valence-corrected chi connectivity index (χ0v) is 12.4. The lowest BCUT2D eigenvalue weighted by Gasteiger charge is -2.11. The third kappa shape index (κ3) is 3.58. The maximum absolute atomic E-state index is 12.1. The van der Waals surface area contributed by atoms with Gasteiger partial charge in [0.15, 0.2) is 6.10 Å². The Morgan fingerprint density at radius 3 is 2.71 bits per heavy atom. The molecule has 1 atom stereocenters. The number of amides is 1. The van der Waals surface area contributed by atoms with E-state index in [0.717, 1.165) is 17.1 Å². The van der Waals surface area contributed by atoms with E-state index in [-0.39, 0.29) is 12.0 Å². The van der Waals surface area contributed by atoms with Crippen LogP contribution in [0.25, 0.3) is 0 Å². The molecule has 0 radical (unpaired) electrons. The van der Waals surface area contributed by atoms with Crippen molar-refractivity contribution in [1.29, 1.82) is 0 Å². The quantitative estimate of drug-likeness (QED) is 0.681. The van der Waals surface area contributed by atoms with E-state index >= 15 is 0 Å². The summed E-state index contributed by atoms with van der Waals surface area (Å²) in [6, 6.07) is 18.0. The Labute approximate surface area is 128 Å². The average Bonchev–Trinajstić information content (AvgIpc) is 2.96. The van der Waals surface area contributed by atoms with Gasteiger partial charge in [-0.1, -0.05) is 36.4 Å². The van der Waals surface area contributed by atoms with Crippen LogP contribution in [0.3, 0.4) is 0 Å². The minimum Gasteiger partial charge on any atom is -0.480 e. The normalized spacial score (nSPS) is 16.1. The molecule has 0 unspecified atom stereocenters. The van der Waals surface area contributed by atoms with Gasteiger partial charge in [-0.05, 0) is 23.8 Å². The van der Waals surface area contributed by atoms with E-state index in [1.807, 2.05) is 42.5 Å². The fraction of sp³-hybridized carbons (Fsp3) is 0.235. The third-order valence-corrected chi connectivity index (χ3v) is 4.37. The molecule has 0 bridgehead atoms. The molecule has 21 heavy (non-hydrogen) atoms. The number of hydrogen-bond donors (Lipinski definition) is 1. The van der Waals surface area contributed by atoms with Crippen LogP contribution in [0.5, 0.6) is 5.75 Å². The van der Waals surface area contributed by atoms with Gasteiger partial charge in [-0.25, -0.2) is 0 Å². The molecule has 1 N–H and O–H groups in total. The number of hydrogen-bond acceptors (Lipinski definition) is 3. The monoisotopic (exact) mass is 299 g/mol. The van der Waals surface area contributed by atoms with Crippen LogP contribution in [0.15, 0.2) is 59.5 Å². The number of carbonyl (C=O) groups is 1. The van der Waals surface area contributed by atoms with Crippen LogP contribution < -0.4 is 10.1 Å². The first-order chi connectivity index (χ1) is 10.3.